The van der Waals surface area contributed by atoms with Crippen LogP contribution in [-0.2, 0) is 4.79 Å². The van der Waals surface area contributed by atoms with E-state index in [0.717, 1.165) is 0 Å². The van der Waals surface area contributed by atoms with Gasteiger partial charge in [0.05, 0.1) is 11.6 Å². The predicted octanol–water partition coefficient (Wildman–Crippen LogP) is 2.18. The summed E-state index contributed by atoms with van der Waals surface area (Å²) in [7, 11) is 0. The highest BCUT2D eigenvalue weighted by Crippen LogP contribution is 2.46. The number of halogens is 2. The van der Waals surface area contributed by atoms with E-state index in [1.165, 1.54) is 23.1 Å². The number of nitrogens with zero attached hydrogens (tertiary/aromatic N) is 3. The standard InChI is InChI=1S/C21H20ClFN4O4/c22-17-18(15-12(23)3-1-4-13(15)28)25-20(27-7-2-5-14(27)29)16-19(17)31-10-11-9-24-6-8-26(11)21(16)30/h1,3-4,11,24,28H,2,5-10H2/t11-/m1/s1. The average molecular weight is 447 g/mol. The molecular weight excluding hydrogens is 427 g/mol. The van der Waals surface area contributed by atoms with Gasteiger partial charge in [-0.2, -0.15) is 0 Å². The van der Waals surface area contributed by atoms with Crippen molar-refractivity contribution >= 4 is 29.2 Å². The molecule has 3 aliphatic rings. The van der Waals surface area contributed by atoms with Crippen molar-refractivity contribution < 1.29 is 23.8 Å². The van der Waals surface area contributed by atoms with Crippen LogP contribution < -0.4 is 15.0 Å². The number of fused-ring (bicyclic) bond motifs is 2. The lowest BCUT2D eigenvalue weighted by Gasteiger charge is -2.34. The number of aromatic nitrogens is 1. The first-order valence-electron chi connectivity index (χ1n) is 10.1. The number of phenolic OH excluding ortho intramolecular Hbond substituents is 1. The predicted molar refractivity (Wildman–Crippen MR) is 111 cm³/mol. The molecule has 1 aromatic heterocycles. The molecule has 0 bridgehead atoms. The van der Waals surface area contributed by atoms with E-state index in [2.05, 4.69) is 10.3 Å². The smallest absolute Gasteiger partial charge is 0.261 e. The van der Waals surface area contributed by atoms with Gasteiger partial charge in [-0.05, 0) is 18.6 Å². The van der Waals surface area contributed by atoms with E-state index in [9.17, 15) is 19.1 Å². The van der Waals surface area contributed by atoms with Gasteiger partial charge in [0.15, 0.2) is 11.6 Å². The number of anilines is 1. The van der Waals surface area contributed by atoms with Crippen LogP contribution in [0.25, 0.3) is 11.3 Å². The van der Waals surface area contributed by atoms with Crippen LogP contribution in [0.2, 0.25) is 5.02 Å². The van der Waals surface area contributed by atoms with Gasteiger partial charge in [-0.1, -0.05) is 17.7 Å². The first-order chi connectivity index (χ1) is 15.0. The molecule has 1 aromatic carbocycles. The van der Waals surface area contributed by atoms with E-state index in [-0.39, 0.29) is 63.6 Å². The van der Waals surface area contributed by atoms with E-state index in [4.69, 9.17) is 16.3 Å². The van der Waals surface area contributed by atoms with Gasteiger partial charge in [-0.15, -0.1) is 0 Å². The number of hydrogen-bond acceptors (Lipinski definition) is 6. The summed E-state index contributed by atoms with van der Waals surface area (Å²) in [4.78, 5) is 33.7. The lowest BCUT2D eigenvalue weighted by molar-refractivity contribution is -0.117. The molecule has 2 N–H and O–H groups in total. The summed E-state index contributed by atoms with van der Waals surface area (Å²) in [5.41, 5.74) is -0.177. The Hall–Kier alpha value is -2.91. The number of rotatable bonds is 2. The number of pyridine rings is 1. The Balaban J connectivity index is 1.77. The summed E-state index contributed by atoms with van der Waals surface area (Å²) in [5, 5.41) is 13.5. The summed E-state index contributed by atoms with van der Waals surface area (Å²) in [6.07, 6.45) is 0.939. The fourth-order valence-corrected chi connectivity index (χ4v) is 4.62. The van der Waals surface area contributed by atoms with Gasteiger partial charge in [0.25, 0.3) is 5.91 Å². The van der Waals surface area contributed by atoms with Gasteiger partial charge >= 0.3 is 0 Å². The first kappa shape index (κ1) is 20.0. The van der Waals surface area contributed by atoms with Crippen LogP contribution in [0, 0.1) is 5.82 Å². The third kappa shape index (κ3) is 3.19. The van der Waals surface area contributed by atoms with Crippen molar-refractivity contribution in [3.63, 3.8) is 0 Å². The molecule has 8 nitrogen and oxygen atoms in total. The molecule has 31 heavy (non-hydrogen) atoms. The van der Waals surface area contributed by atoms with E-state index < -0.39 is 5.82 Å². The summed E-state index contributed by atoms with van der Waals surface area (Å²) >= 11 is 6.60. The van der Waals surface area contributed by atoms with Crippen LogP contribution in [-0.4, -0.2) is 65.6 Å². The number of amides is 2. The lowest BCUT2D eigenvalue weighted by Crippen LogP contribution is -2.55. The number of nitrogens with one attached hydrogen (secondary N) is 1. The van der Waals surface area contributed by atoms with Gasteiger partial charge in [-0.25, -0.2) is 9.37 Å². The van der Waals surface area contributed by atoms with Crippen LogP contribution in [0.3, 0.4) is 0 Å². The van der Waals surface area contributed by atoms with Gasteiger partial charge in [0, 0.05) is 32.6 Å². The second-order valence-electron chi connectivity index (χ2n) is 7.75. The number of carbonyl (C=O) groups is 2. The van der Waals surface area contributed by atoms with Crippen LogP contribution in [0.1, 0.15) is 23.2 Å². The van der Waals surface area contributed by atoms with E-state index in [1.54, 1.807) is 4.90 Å². The number of phenols is 1. The first-order valence-corrected chi connectivity index (χ1v) is 10.5. The zero-order valence-electron chi connectivity index (χ0n) is 16.5. The minimum atomic E-state index is -0.727. The molecule has 0 unspecified atom stereocenters. The maximum Gasteiger partial charge on any atom is 0.261 e. The minimum absolute atomic E-state index is 0.0587. The maximum atomic E-state index is 14.7. The van der Waals surface area contributed by atoms with Gasteiger partial charge in [0.1, 0.15) is 34.5 Å². The number of carbonyl (C=O) groups excluding carboxylic acids is 2. The number of ether oxygens (including phenoxy) is 1. The second kappa shape index (κ2) is 7.65. The molecule has 0 radical (unpaired) electrons. The Labute approximate surface area is 182 Å². The third-order valence-corrected chi connectivity index (χ3v) is 6.23. The Kier molecular flexibility index (Phi) is 4.94. The van der Waals surface area contributed by atoms with Crippen LogP contribution >= 0.6 is 11.6 Å². The van der Waals surface area contributed by atoms with Crippen LogP contribution in [0.15, 0.2) is 18.2 Å². The molecule has 3 aliphatic heterocycles. The van der Waals surface area contributed by atoms with Crippen molar-refractivity contribution in [3.05, 3.63) is 34.6 Å². The van der Waals surface area contributed by atoms with Crippen molar-refractivity contribution in [3.8, 4) is 22.8 Å². The average Bonchev–Trinajstić information content (AvgIpc) is 3.12. The molecule has 0 saturated carbocycles. The van der Waals surface area contributed by atoms with Crippen molar-refractivity contribution in [1.29, 1.82) is 0 Å². The Bertz CT molecular complexity index is 1080. The molecule has 10 heteroatoms. The van der Waals surface area contributed by atoms with Crippen molar-refractivity contribution in [2.45, 2.75) is 18.9 Å². The fourth-order valence-electron chi connectivity index (χ4n) is 4.34. The van der Waals surface area contributed by atoms with Gasteiger partial charge in [0.2, 0.25) is 5.91 Å². The summed E-state index contributed by atoms with van der Waals surface area (Å²) in [5.74, 6) is -1.45. The third-order valence-electron chi connectivity index (χ3n) is 5.88. The summed E-state index contributed by atoms with van der Waals surface area (Å²) < 4.78 is 20.6. The van der Waals surface area contributed by atoms with Crippen molar-refractivity contribution in [2.24, 2.45) is 0 Å². The quantitative estimate of drug-likeness (QED) is 0.734. The number of aromatic hydroxyl groups is 1. The number of piperazine rings is 1. The molecule has 2 saturated heterocycles. The normalized spacial score (nSPS) is 20.9. The van der Waals surface area contributed by atoms with Crippen molar-refractivity contribution in [2.75, 3.05) is 37.7 Å². The molecule has 5 rings (SSSR count). The molecule has 2 aromatic rings. The summed E-state index contributed by atoms with van der Waals surface area (Å²) in [6.45, 7) is 2.24. The van der Waals surface area contributed by atoms with E-state index in [0.29, 0.717) is 39.0 Å². The molecule has 0 spiro atoms. The fraction of sp³-hybridized carbons (Fsp3) is 0.381. The summed E-state index contributed by atoms with van der Waals surface area (Å²) in [6, 6.07) is 3.65. The topological polar surface area (TPSA) is 95.0 Å². The van der Waals surface area contributed by atoms with E-state index >= 15 is 0 Å². The molecule has 4 heterocycles. The number of hydrogen-bond donors (Lipinski definition) is 2. The zero-order valence-corrected chi connectivity index (χ0v) is 17.3. The molecule has 2 amide bonds. The van der Waals surface area contributed by atoms with Gasteiger partial charge in [-0.3, -0.25) is 14.5 Å². The van der Waals surface area contributed by atoms with Gasteiger partial charge < -0.3 is 20.1 Å². The Morgan fingerprint density at radius 3 is 2.84 bits per heavy atom. The largest absolute Gasteiger partial charge is 0.507 e. The second-order valence-corrected chi connectivity index (χ2v) is 8.13. The molecule has 162 valence electrons. The minimum Gasteiger partial charge on any atom is -0.507 e. The zero-order chi connectivity index (χ0) is 21.7. The maximum absolute atomic E-state index is 14.7. The molecule has 0 aliphatic carbocycles. The van der Waals surface area contributed by atoms with E-state index in [1.807, 2.05) is 0 Å². The SMILES string of the molecule is O=C1CCCN1c1nc(-c2c(O)cccc2F)c(Cl)c2c1C(=O)N1CCNC[C@@H]1CO2. The monoisotopic (exact) mass is 446 g/mol. The molecule has 2 fully saturated rings. The highest BCUT2D eigenvalue weighted by molar-refractivity contribution is 6.35. The van der Waals surface area contributed by atoms with Crippen LogP contribution in [0.4, 0.5) is 10.2 Å². The highest BCUT2D eigenvalue weighted by Gasteiger charge is 2.40. The highest BCUT2D eigenvalue weighted by atomic mass is 35.5. The Morgan fingerprint density at radius 1 is 1.26 bits per heavy atom. The Morgan fingerprint density at radius 2 is 2.10 bits per heavy atom. The molecule has 1 atom stereocenters. The molecular formula is C21H20ClFN4O4. The van der Waals surface area contributed by atoms with Crippen molar-refractivity contribution in [1.82, 2.24) is 15.2 Å². The lowest BCUT2D eigenvalue weighted by atomic mass is 10.1. The number of benzene rings is 1. The van der Waals surface area contributed by atoms with Crippen LogP contribution in [0.5, 0.6) is 11.5 Å².